The molecule has 0 aliphatic rings. The van der Waals surface area contributed by atoms with Gasteiger partial charge in [0.15, 0.2) is 0 Å². The molecule has 0 saturated carbocycles. The highest BCUT2D eigenvalue weighted by Gasteiger charge is 2.07. The number of para-hydroxylation sites is 1. The van der Waals surface area contributed by atoms with Crippen molar-refractivity contribution in [2.45, 2.75) is 19.4 Å². The van der Waals surface area contributed by atoms with Gasteiger partial charge in [-0.2, -0.15) is 0 Å². The molecule has 0 radical (unpaired) electrons. The molecule has 104 valence electrons. The number of nitrogens with one attached hydrogen (secondary N) is 3. The number of anilines is 1. The minimum atomic E-state index is -0.554. The molecular weight excluding hydrogens is 246 g/mol. The molecule has 0 heterocycles. The van der Waals surface area contributed by atoms with Gasteiger partial charge in [0.25, 0.3) is 0 Å². The molecule has 1 aromatic carbocycles. The SMILES string of the molecule is CCC(O)CNC(=O)CNC(=O)Nc1ccccc1. The van der Waals surface area contributed by atoms with Crippen LogP contribution in [0, 0.1) is 0 Å². The van der Waals surface area contributed by atoms with Gasteiger partial charge in [-0.15, -0.1) is 0 Å². The Kier molecular flexibility index (Phi) is 6.38. The second kappa shape index (κ2) is 8.10. The summed E-state index contributed by atoms with van der Waals surface area (Å²) >= 11 is 0. The third-order valence-corrected chi connectivity index (χ3v) is 2.45. The highest BCUT2D eigenvalue weighted by atomic mass is 16.3. The Hall–Kier alpha value is -2.08. The van der Waals surface area contributed by atoms with Crippen molar-refractivity contribution >= 4 is 17.6 Å². The normalized spacial score (nSPS) is 11.5. The highest BCUT2D eigenvalue weighted by molar-refractivity contribution is 5.92. The van der Waals surface area contributed by atoms with E-state index in [1.807, 2.05) is 13.0 Å². The molecule has 4 N–H and O–H groups in total. The Balaban J connectivity index is 2.21. The van der Waals surface area contributed by atoms with Gasteiger partial charge in [-0.1, -0.05) is 25.1 Å². The van der Waals surface area contributed by atoms with E-state index in [0.29, 0.717) is 12.1 Å². The topological polar surface area (TPSA) is 90.5 Å². The highest BCUT2D eigenvalue weighted by Crippen LogP contribution is 2.03. The monoisotopic (exact) mass is 265 g/mol. The van der Waals surface area contributed by atoms with Gasteiger partial charge in [0.1, 0.15) is 0 Å². The van der Waals surface area contributed by atoms with Crippen LogP contribution < -0.4 is 16.0 Å². The van der Waals surface area contributed by atoms with E-state index in [9.17, 15) is 14.7 Å². The molecule has 1 aromatic rings. The van der Waals surface area contributed by atoms with E-state index in [1.54, 1.807) is 24.3 Å². The van der Waals surface area contributed by atoms with Crippen LogP contribution in [0.3, 0.4) is 0 Å². The lowest BCUT2D eigenvalue weighted by molar-refractivity contribution is -0.120. The van der Waals surface area contributed by atoms with E-state index in [2.05, 4.69) is 16.0 Å². The van der Waals surface area contributed by atoms with Crippen LogP contribution in [0.25, 0.3) is 0 Å². The summed E-state index contributed by atoms with van der Waals surface area (Å²) in [7, 11) is 0. The standard InChI is InChI=1S/C13H19N3O3/c1-2-11(17)8-14-12(18)9-15-13(19)16-10-6-4-3-5-7-10/h3-7,11,17H,2,8-9H2,1H3,(H,14,18)(H2,15,16,19). The molecule has 0 aliphatic heterocycles. The largest absolute Gasteiger partial charge is 0.391 e. The first-order valence-corrected chi connectivity index (χ1v) is 6.16. The molecule has 0 fully saturated rings. The van der Waals surface area contributed by atoms with Crippen molar-refractivity contribution in [1.82, 2.24) is 10.6 Å². The molecule has 1 atom stereocenters. The van der Waals surface area contributed by atoms with Crippen molar-refractivity contribution in [2.24, 2.45) is 0 Å². The van der Waals surface area contributed by atoms with Crippen LogP contribution in [0.15, 0.2) is 30.3 Å². The lowest BCUT2D eigenvalue weighted by atomic mass is 10.3. The molecular formula is C13H19N3O3. The average molecular weight is 265 g/mol. The summed E-state index contributed by atoms with van der Waals surface area (Å²) in [5.41, 5.74) is 0.654. The van der Waals surface area contributed by atoms with E-state index in [-0.39, 0.29) is 19.0 Å². The third-order valence-electron chi connectivity index (χ3n) is 2.45. The third kappa shape index (κ3) is 6.42. The quantitative estimate of drug-likeness (QED) is 0.610. The summed E-state index contributed by atoms with van der Waals surface area (Å²) in [4.78, 5) is 22.8. The van der Waals surface area contributed by atoms with E-state index >= 15 is 0 Å². The first-order chi connectivity index (χ1) is 9.11. The number of rotatable bonds is 6. The molecule has 0 aromatic heterocycles. The van der Waals surface area contributed by atoms with Gasteiger partial charge in [-0.05, 0) is 18.6 Å². The second-order valence-electron chi connectivity index (χ2n) is 4.04. The zero-order chi connectivity index (χ0) is 14.1. The van der Waals surface area contributed by atoms with Crippen LogP contribution in [-0.4, -0.2) is 36.2 Å². The Bertz CT molecular complexity index is 409. The fourth-order valence-corrected chi connectivity index (χ4v) is 1.30. The van der Waals surface area contributed by atoms with Gasteiger partial charge in [0.05, 0.1) is 12.6 Å². The number of hydrogen-bond acceptors (Lipinski definition) is 3. The minimum Gasteiger partial charge on any atom is -0.391 e. The van der Waals surface area contributed by atoms with Crippen LogP contribution in [0.5, 0.6) is 0 Å². The zero-order valence-corrected chi connectivity index (χ0v) is 10.8. The maximum absolute atomic E-state index is 11.5. The summed E-state index contributed by atoms with van der Waals surface area (Å²) in [5.74, 6) is -0.337. The maximum atomic E-state index is 11.5. The molecule has 0 saturated heterocycles. The van der Waals surface area contributed by atoms with Crippen LogP contribution in [-0.2, 0) is 4.79 Å². The van der Waals surface area contributed by atoms with Crippen molar-refractivity contribution in [3.63, 3.8) is 0 Å². The van der Waals surface area contributed by atoms with Crippen LogP contribution in [0.1, 0.15) is 13.3 Å². The van der Waals surface area contributed by atoms with Gasteiger partial charge in [-0.25, -0.2) is 4.79 Å². The maximum Gasteiger partial charge on any atom is 0.319 e. The van der Waals surface area contributed by atoms with Gasteiger partial charge < -0.3 is 21.1 Å². The first-order valence-electron chi connectivity index (χ1n) is 6.16. The molecule has 1 rings (SSSR count). The van der Waals surface area contributed by atoms with E-state index in [1.165, 1.54) is 0 Å². The fourth-order valence-electron chi connectivity index (χ4n) is 1.30. The minimum absolute atomic E-state index is 0.130. The molecule has 19 heavy (non-hydrogen) atoms. The second-order valence-corrected chi connectivity index (χ2v) is 4.04. The number of amides is 3. The van der Waals surface area contributed by atoms with Gasteiger partial charge in [0, 0.05) is 12.2 Å². The predicted octanol–water partition coefficient (Wildman–Crippen LogP) is 0.695. The number of urea groups is 1. The summed E-state index contributed by atoms with van der Waals surface area (Å²) < 4.78 is 0. The van der Waals surface area contributed by atoms with Gasteiger partial charge >= 0.3 is 6.03 Å². The Morgan fingerprint density at radius 2 is 1.89 bits per heavy atom. The number of carbonyl (C=O) groups is 2. The molecule has 6 nitrogen and oxygen atoms in total. The summed E-state index contributed by atoms with van der Waals surface area (Å²) in [6, 6.07) is 8.49. The van der Waals surface area contributed by atoms with Gasteiger partial charge in [0.2, 0.25) is 5.91 Å². The van der Waals surface area contributed by atoms with Gasteiger partial charge in [-0.3, -0.25) is 4.79 Å². The van der Waals surface area contributed by atoms with Crippen LogP contribution >= 0.6 is 0 Å². The van der Waals surface area contributed by atoms with E-state index in [4.69, 9.17) is 0 Å². The average Bonchev–Trinajstić information content (AvgIpc) is 2.43. The first kappa shape index (κ1) is 15.0. The lowest BCUT2D eigenvalue weighted by Gasteiger charge is -2.10. The van der Waals surface area contributed by atoms with E-state index < -0.39 is 12.1 Å². The number of carbonyl (C=O) groups excluding carboxylic acids is 2. The van der Waals surface area contributed by atoms with Crippen molar-refractivity contribution in [1.29, 1.82) is 0 Å². The Labute approximate surface area is 112 Å². The van der Waals surface area contributed by atoms with Crippen molar-refractivity contribution < 1.29 is 14.7 Å². The van der Waals surface area contributed by atoms with Crippen LogP contribution in [0.4, 0.5) is 10.5 Å². The number of benzene rings is 1. The molecule has 0 aliphatic carbocycles. The molecule has 6 heteroatoms. The number of aliphatic hydroxyl groups excluding tert-OH is 1. The fraction of sp³-hybridized carbons (Fsp3) is 0.385. The van der Waals surface area contributed by atoms with Crippen molar-refractivity contribution in [2.75, 3.05) is 18.4 Å². The summed E-state index contributed by atoms with van der Waals surface area (Å²) in [6.45, 7) is 1.88. The lowest BCUT2D eigenvalue weighted by Crippen LogP contribution is -2.41. The van der Waals surface area contributed by atoms with Crippen LogP contribution in [0.2, 0.25) is 0 Å². The molecule has 1 unspecified atom stereocenters. The molecule has 0 spiro atoms. The smallest absolute Gasteiger partial charge is 0.319 e. The number of aliphatic hydroxyl groups is 1. The Morgan fingerprint density at radius 1 is 1.21 bits per heavy atom. The van der Waals surface area contributed by atoms with Crippen molar-refractivity contribution in [3.8, 4) is 0 Å². The molecule has 0 bridgehead atoms. The Morgan fingerprint density at radius 3 is 2.53 bits per heavy atom. The predicted molar refractivity (Wildman–Crippen MR) is 72.8 cm³/mol. The summed E-state index contributed by atoms with van der Waals surface area (Å²) in [6.07, 6.45) is 0.0180. The number of hydrogen-bond donors (Lipinski definition) is 4. The van der Waals surface area contributed by atoms with Crippen molar-refractivity contribution in [3.05, 3.63) is 30.3 Å². The zero-order valence-electron chi connectivity index (χ0n) is 10.8. The van der Waals surface area contributed by atoms with E-state index in [0.717, 1.165) is 0 Å². The molecule has 3 amide bonds. The summed E-state index contributed by atoms with van der Waals surface area (Å²) in [5, 5.41) is 16.8.